The molecule has 20 heavy (non-hydrogen) atoms. The van der Waals surface area contributed by atoms with Crippen LogP contribution in [0.5, 0.6) is 0 Å². The van der Waals surface area contributed by atoms with Crippen molar-refractivity contribution in [3.63, 3.8) is 0 Å². The highest BCUT2D eigenvalue weighted by Gasteiger charge is 2.42. The van der Waals surface area contributed by atoms with E-state index in [1.165, 1.54) is 12.8 Å². The third-order valence-corrected chi connectivity index (χ3v) is 4.49. The molecule has 1 atom stereocenters. The lowest BCUT2D eigenvalue weighted by atomic mass is 9.86. The van der Waals surface area contributed by atoms with E-state index in [1.807, 2.05) is 24.9 Å². The SMILES string of the molecule is Cc1nc(N2CCCC3(CCO3)C2)c2cnn(C)c2n1. The lowest BCUT2D eigenvalue weighted by Crippen LogP contribution is -2.56. The van der Waals surface area contributed by atoms with Crippen LogP contribution in [-0.2, 0) is 11.8 Å². The molecule has 2 fully saturated rings. The summed E-state index contributed by atoms with van der Waals surface area (Å²) in [6, 6.07) is 0. The van der Waals surface area contributed by atoms with Gasteiger partial charge in [0.05, 0.1) is 23.8 Å². The van der Waals surface area contributed by atoms with Gasteiger partial charge in [0.2, 0.25) is 0 Å². The molecule has 1 unspecified atom stereocenters. The van der Waals surface area contributed by atoms with Crippen LogP contribution < -0.4 is 4.90 Å². The normalized spacial score (nSPS) is 26.2. The van der Waals surface area contributed by atoms with Crippen molar-refractivity contribution in [2.75, 3.05) is 24.6 Å². The topological polar surface area (TPSA) is 56.1 Å². The minimum atomic E-state index is 0.0750. The Morgan fingerprint density at radius 3 is 2.90 bits per heavy atom. The second-order valence-corrected chi connectivity index (χ2v) is 5.91. The van der Waals surface area contributed by atoms with Crippen LogP contribution in [0.1, 0.15) is 25.1 Å². The second kappa shape index (κ2) is 4.15. The van der Waals surface area contributed by atoms with Gasteiger partial charge in [0.1, 0.15) is 11.6 Å². The van der Waals surface area contributed by atoms with Crippen molar-refractivity contribution in [1.82, 2.24) is 19.7 Å². The maximum absolute atomic E-state index is 5.85. The average molecular weight is 273 g/mol. The van der Waals surface area contributed by atoms with Crippen LogP contribution in [0.2, 0.25) is 0 Å². The van der Waals surface area contributed by atoms with Crippen LogP contribution in [0.3, 0.4) is 0 Å². The standard InChI is InChI=1S/C14H19N5O/c1-10-16-12-11(8-15-18(12)2)13(17-10)19-6-3-4-14(9-19)5-7-20-14/h8H,3-7,9H2,1-2H3. The smallest absolute Gasteiger partial charge is 0.163 e. The molecule has 4 rings (SSSR count). The highest BCUT2D eigenvalue weighted by atomic mass is 16.5. The third-order valence-electron chi connectivity index (χ3n) is 4.49. The molecule has 1 spiro atoms. The van der Waals surface area contributed by atoms with Crippen LogP contribution in [-0.4, -0.2) is 45.0 Å². The van der Waals surface area contributed by atoms with Gasteiger partial charge >= 0.3 is 0 Å². The summed E-state index contributed by atoms with van der Waals surface area (Å²) in [5.74, 6) is 1.81. The van der Waals surface area contributed by atoms with Crippen LogP contribution in [0.4, 0.5) is 5.82 Å². The third kappa shape index (κ3) is 1.71. The molecule has 0 radical (unpaired) electrons. The van der Waals surface area contributed by atoms with E-state index in [2.05, 4.69) is 20.0 Å². The van der Waals surface area contributed by atoms with Gasteiger partial charge in [-0.2, -0.15) is 5.10 Å². The number of ether oxygens (including phenoxy) is 1. The van der Waals surface area contributed by atoms with Gasteiger partial charge in [-0.15, -0.1) is 0 Å². The molecule has 4 heterocycles. The highest BCUT2D eigenvalue weighted by molar-refractivity contribution is 5.87. The summed E-state index contributed by atoms with van der Waals surface area (Å²) >= 11 is 0. The lowest BCUT2D eigenvalue weighted by molar-refractivity contribution is -0.151. The summed E-state index contributed by atoms with van der Waals surface area (Å²) in [5.41, 5.74) is 0.979. The number of hydrogen-bond acceptors (Lipinski definition) is 5. The van der Waals surface area contributed by atoms with Gasteiger partial charge in [-0.3, -0.25) is 4.68 Å². The van der Waals surface area contributed by atoms with Crippen molar-refractivity contribution < 1.29 is 4.74 Å². The van der Waals surface area contributed by atoms with Crippen molar-refractivity contribution >= 4 is 16.9 Å². The van der Waals surface area contributed by atoms with Gasteiger partial charge in [-0.05, 0) is 19.8 Å². The van der Waals surface area contributed by atoms with Crippen molar-refractivity contribution in [3.8, 4) is 0 Å². The number of hydrogen-bond donors (Lipinski definition) is 0. The molecule has 2 aromatic rings. The minimum absolute atomic E-state index is 0.0750. The van der Waals surface area contributed by atoms with Gasteiger partial charge in [-0.25, -0.2) is 9.97 Å². The molecule has 6 nitrogen and oxygen atoms in total. The van der Waals surface area contributed by atoms with E-state index in [-0.39, 0.29) is 5.60 Å². The van der Waals surface area contributed by atoms with Crippen molar-refractivity contribution in [1.29, 1.82) is 0 Å². The zero-order valence-electron chi connectivity index (χ0n) is 12.0. The maximum Gasteiger partial charge on any atom is 0.163 e. The summed E-state index contributed by atoms with van der Waals surface area (Å²) in [6.45, 7) is 4.81. The summed E-state index contributed by atoms with van der Waals surface area (Å²) in [4.78, 5) is 11.5. The fourth-order valence-electron chi connectivity index (χ4n) is 3.35. The molecule has 2 saturated heterocycles. The quantitative estimate of drug-likeness (QED) is 0.786. The summed E-state index contributed by atoms with van der Waals surface area (Å²) in [5, 5.41) is 5.36. The van der Waals surface area contributed by atoms with E-state index in [4.69, 9.17) is 4.74 Å². The molecule has 2 aliphatic rings. The maximum atomic E-state index is 5.85. The van der Waals surface area contributed by atoms with Gasteiger partial charge in [-0.1, -0.05) is 0 Å². The number of aromatic nitrogens is 4. The predicted octanol–water partition coefficient (Wildman–Crippen LogP) is 1.43. The zero-order chi connectivity index (χ0) is 13.7. The van der Waals surface area contributed by atoms with Crippen LogP contribution in [0.15, 0.2) is 6.20 Å². The van der Waals surface area contributed by atoms with Crippen molar-refractivity contribution in [3.05, 3.63) is 12.0 Å². The van der Waals surface area contributed by atoms with E-state index >= 15 is 0 Å². The average Bonchev–Trinajstić information content (AvgIpc) is 2.78. The Morgan fingerprint density at radius 1 is 1.30 bits per heavy atom. The molecule has 2 aromatic heterocycles. The fraction of sp³-hybridized carbons (Fsp3) is 0.643. The second-order valence-electron chi connectivity index (χ2n) is 5.91. The number of aryl methyl sites for hydroxylation is 2. The van der Waals surface area contributed by atoms with Crippen LogP contribution in [0, 0.1) is 6.92 Å². The molecule has 0 N–H and O–H groups in total. The number of piperidine rings is 1. The van der Waals surface area contributed by atoms with Crippen LogP contribution >= 0.6 is 0 Å². The Labute approximate surface area is 117 Å². The van der Waals surface area contributed by atoms with Crippen molar-refractivity contribution in [2.24, 2.45) is 7.05 Å². The molecule has 6 heteroatoms. The Morgan fingerprint density at radius 2 is 2.15 bits per heavy atom. The van der Waals surface area contributed by atoms with Gasteiger partial charge in [0.25, 0.3) is 0 Å². The molecule has 0 amide bonds. The van der Waals surface area contributed by atoms with Crippen LogP contribution in [0.25, 0.3) is 11.0 Å². The summed E-state index contributed by atoms with van der Waals surface area (Å²) in [7, 11) is 1.92. The molecule has 2 aliphatic heterocycles. The van der Waals surface area contributed by atoms with E-state index < -0.39 is 0 Å². The first-order chi connectivity index (χ1) is 9.67. The van der Waals surface area contributed by atoms with E-state index in [1.54, 1.807) is 0 Å². The fourth-order valence-corrected chi connectivity index (χ4v) is 3.35. The molecule has 0 bridgehead atoms. The Kier molecular flexibility index (Phi) is 2.51. The Bertz CT molecular complexity index is 661. The van der Waals surface area contributed by atoms with E-state index in [9.17, 15) is 0 Å². The first-order valence-electron chi connectivity index (χ1n) is 7.22. The molecule has 106 valence electrons. The van der Waals surface area contributed by atoms with Crippen molar-refractivity contribution in [2.45, 2.75) is 31.8 Å². The largest absolute Gasteiger partial charge is 0.373 e. The van der Waals surface area contributed by atoms with Gasteiger partial charge in [0.15, 0.2) is 5.65 Å². The lowest BCUT2D eigenvalue weighted by Gasteiger charge is -2.48. The molecular formula is C14H19N5O. The number of anilines is 1. The summed E-state index contributed by atoms with van der Waals surface area (Å²) < 4.78 is 7.67. The number of rotatable bonds is 1. The van der Waals surface area contributed by atoms with Gasteiger partial charge < -0.3 is 9.64 Å². The van der Waals surface area contributed by atoms with E-state index in [0.29, 0.717) is 0 Å². The van der Waals surface area contributed by atoms with E-state index in [0.717, 1.165) is 48.8 Å². The molecule has 0 saturated carbocycles. The molecule has 0 aromatic carbocycles. The first kappa shape index (κ1) is 12.1. The summed E-state index contributed by atoms with van der Waals surface area (Å²) in [6.07, 6.45) is 5.37. The number of fused-ring (bicyclic) bond motifs is 1. The predicted molar refractivity (Wildman–Crippen MR) is 75.8 cm³/mol. The molecular weight excluding hydrogens is 254 g/mol. The monoisotopic (exact) mass is 273 g/mol. The minimum Gasteiger partial charge on any atom is -0.373 e. The Hall–Kier alpha value is -1.69. The molecule has 0 aliphatic carbocycles. The Balaban J connectivity index is 1.77. The number of nitrogens with zero attached hydrogens (tertiary/aromatic N) is 5. The van der Waals surface area contributed by atoms with Gasteiger partial charge in [0, 0.05) is 26.6 Å². The zero-order valence-corrected chi connectivity index (χ0v) is 12.0. The highest BCUT2D eigenvalue weighted by Crippen LogP contribution is 2.37. The first-order valence-corrected chi connectivity index (χ1v) is 7.22.